The number of nitrogens with zero attached hydrogens (tertiary/aromatic N) is 1. The number of nitrogens with one attached hydrogen (secondary N) is 1. The topological polar surface area (TPSA) is 85.1 Å². The second-order valence-electron chi connectivity index (χ2n) is 4.39. The number of benzene rings is 1. The van der Waals surface area contributed by atoms with Gasteiger partial charge in [0.15, 0.2) is 0 Å². The van der Waals surface area contributed by atoms with E-state index in [1.165, 1.54) is 12.3 Å². The number of anilines is 2. The van der Waals surface area contributed by atoms with Crippen LogP contribution in [-0.2, 0) is 10.0 Å². The highest BCUT2D eigenvalue weighted by Gasteiger charge is 2.21. The third-order valence-electron chi connectivity index (χ3n) is 2.88. The number of sulfonamides is 1. The van der Waals surface area contributed by atoms with E-state index in [4.69, 9.17) is 17.3 Å². The van der Waals surface area contributed by atoms with Crippen LogP contribution in [0.15, 0.2) is 35.4 Å². The van der Waals surface area contributed by atoms with E-state index in [-0.39, 0.29) is 10.7 Å². The smallest absolute Gasteiger partial charge is 0.263 e. The molecule has 0 amide bonds. The molecule has 0 aliphatic heterocycles. The molecular formula is C13H14ClN3O2S. The van der Waals surface area contributed by atoms with E-state index < -0.39 is 10.0 Å². The Morgan fingerprint density at radius 1 is 1.20 bits per heavy atom. The molecule has 106 valence electrons. The van der Waals surface area contributed by atoms with Gasteiger partial charge in [-0.25, -0.2) is 13.4 Å². The van der Waals surface area contributed by atoms with Gasteiger partial charge in [0, 0.05) is 11.9 Å². The van der Waals surface area contributed by atoms with Gasteiger partial charge in [0.1, 0.15) is 5.82 Å². The molecule has 1 heterocycles. The zero-order valence-electron chi connectivity index (χ0n) is 11.0. The van der Waals surface area contributed by atoms with E-state index in [1.807, 2.05) is 0 Å². The minimum absolute atomic E-state index is 0.175. The van der Waals surface area contributed by atoms with Crippen molar-refractivity contribution in [1.82, 2.24) is 4.98 Å². The number of pyridine rings is 1. The molecule has 5 nitrogen and oxygen atoms in total. The third kappa shape index (κ3) is 2.86. The second-order valence-corrected chi connectivity index (χ2v) is 6.45. The van der Waals surface area contributed by atoms with Crippen LogP contribution < -0.4 is 10.5 Å². The minimum atomic E-state index is -3.75. The van der Waals surface area contributed by atoms with Crippen molar-refractivity contribution in [2.24, 2.45) is 0 Å². The van der Waals surface area contributed by atoms with Crippen LogP contribution in [0.4, 0.5) is 11.5 Å². The third-order valence-corrected chi connectivity index (χ3v) is 4.75. The predicted octanol–water partition coefficient (Wildman–Crippen LogP) is 2.73. The fraction of sp³-hybridized carbons (Fsp3) is 0.154. The molecule has 0 aliphatic carbocycles. The molecule has 0 radical (unpaired) electrons. The Morgan fingerprint density at radius 3 is 2.50 bits per heavy atom. The Kier molecular flexibility index (Phi) is 3.87. The Bertz CT molecular complexity index is 743. The summed E-state index contributed by atoms with van der Waals surface area (Å²) in [5.74, 6) is 0.204. The van der Waals surface area contributed by atoms with E-state index in [2.05, 4.69) is 9.71 Å². The van der Waals surface area contributed by atoms with Crippen molar-refractivity contribution < 1.29 is 8.42 Å². The van der Waals surface area contributed by atoms with Gasteiger partial charge < -0.3 is 5.73 Å². The highest BCUT2D eigenvalue weighted by Crippen LogP contribution is 2.26. The van der Waals surface area contributed by atoms with Gasteiger partial charge in [-0.05, 0) is 43.2 Å². The lowest BCUT2D eigenvalue weighted by molar-refractivity contribution is 0.600. The van der Waals surface area contributed by atoms with Crippen LogP contribution in [0.2, 0.25) is 5.02 Å². The number of aryl methyl sites for hydroxylation is 1. The number of nitrogen functional groups attached to an aromatic ring is 1. The molecule has 3 N–H and O–H groups in total. The number of aromatic nitrogens is 1. The van der Waals surface area contributed by atoms with E-state index >= 15 is 0 Å². The average Bonchev–Trinajstić information content (AvgIpc) is 2.37. The molecule has 2 rings (SSSR count). The molecule has 0 spiro atoms. The Labute approximate surface area is 122 Å². The van der Waals surface area contributed by atoms with Crippen LogP contribution in [0.25, 0.3) is 0 Å². The molecule has 1 aromatic carbocycles. The van der Waals surface area contributed by atoms with Crippen LogP contribution in [0.5, 0.6) is 0 Å². The molecule has 0 fully saturated rings. The quantitative estimate of drug-likeness (QED) is 0.853. The standard InChI is InChI=1S/C13H14ClN3O2S/c1-8-3-5-11(15)9(2)13(8)20(18,19)17-12-6-4-10(14)7-16-12/h3-7H,15H2,1-2H3,(H,16,17). The van der Waals surface area contributed by atoms with E-state index in [9.17, 15) is 8.42 Å². The molecule has 1 aromatic heterocycles. The highest BCUT2D eigenvalue weighted by molar-refractivity contribution is 7.92. The number of rotatable bonds is 3. The minimum Gasteiger partial charge on any atom is -0.398 e. The van der Waals surface area contributed by atoms with Gasteiger partial charge in [-0.3, -0.25) is 4.72 Å². The van der Waals surface area contributed by atoms with Gasteiger partial charge in [0.2, 0.25) is 0 Å². The fourth-order valence-corrected chi connectivity index (χ4v) is 3.50. The normalized spacial score (nSPS) is 11.3. The monoisotopic (exact) mass is 311 g/mol. The molecule has 0 saturated heterocycles. The number of halogens is 1. The molecule has 0 atom stereocenters. The van der Waals surface area contributed by atoms with Crippen LogP contribution in [-0.4, -0.2) is 13.4 Å². The van der Waals surface area contributed by atoms with Crippen molar-refractivity contribution in [3.8, 4) is 0 Å². The predicted molar refractivity (Wildman–Crippen MR) is 80.4 cm³/mol. The van der Waals surface area contributed by atoms with Crippen molar-refractivity contribution >= 4 is 33.1 Å². The number of nitrogens with two attached hydrogens (primary N) is 1. The molecule has 0 aliphatic rings. The van der Waals surface area contributed by atoms with E-state index in [0.29, 0.717) is 21.8 Å². The molecule has 0 saturated carbocycles. The van der Waals surface area contributed by atoms with Gasteiger partial charge in [-0.1, -0.05) is 17.7 Å². The van der Waals surface area contributed by atoms with Crippen molar-refractivity contribution in [2.75, 3.05) is 10.5 Å². The van der Waals surface area contributed by atoms with Gasteiger partial charge in [-0.15, -0.1) is 0 Å². The summed E-state index contributed by atoms with van der Waals surface area (Å²) in [5, 5.41) is 0.435. The highest BCUT2D eigenvalue weighted by atomic mass is 35.5. The number of hydrogen-bond donors (Lipinski definition) is 2. The summed E-state index contributed by atoms with van der Waals surface area (Å²) < 4.78 is 27.3. The zero-order valence-corrected chi connectivity index (χ0v) is 12.6. The van der Waals surface area contributed by atoms with Gasteiger partial charge in [-0.2, -0.15) is 0 Å². The van der Waals surface area contributed by atoms with Crippen LogP contribution in [0.3, 0.4) is 0 Å². The zero-order chi connectivity index (χ0) is 14.9. The lowest BCUT2D eigenvalue weighted by Gasteiger charge is -2.13. The van der Waals surface area contributed by atoms with Crippen LogP contribution in [0.1, 0.15) is 11.1 Å². The summed E-state index contributed by atoms with van der Waals surface area (Å²) in [6.07, 6.45) is 1.37. The molecule has 2 aromatic rings. The van der Waals surface area contributed by atoms with Gasteiger partial charge in [0.05, 0.1) is 9.92 Å². The fourth-order valence-electron chi connectivity index (χ4n) is 1.88. The Morgan fingerprint density at radius 2 is 1.90 bits per heavy atom. The first kappa shape index (κ1) is 14.6. The molecule has 0 unspecified atom stereocenters. The molecule has 7 heteroatoms. The summed E-state index contributed by atoms with van der Waals surface area (Å²) in [4.78, 5) is 4.09. The summed E-state index contributed by atoms with van der Waals surface area (Å²) in [5.41, 5.74) is 7.35. The summed E-state index contributed by atoms with van der Waals surface area (Å²) in [6.45, 7) is 3.39. The first-order chi connectivity index (χ1) is 9.31. The van der Waals surface area contributed by atoms with Crippen LogP contribution in [0, 0.1) is 13.8 Å². The van der Waals surface area contributed by atoms with E-state index in [0.717, 1.165) is 0 Å². The largest absolute Gasteiger partial charge is 0.398 e. The van der Waals surface area contributed by atoms with Gasteiger partial charge >= 0.3 is 0 Å². The molecule has 0 bridgehead atoms. The Balaban J connectivity index is 2.46. The number of hydrogen-bond acceptors (Lipinski definition) is 4. The van der Waals surface area contributed by atoms with Crippen molar-refractivity contribution in [3.05, 3.63) is 46.6 Å². The van der Waals surface area contributed by atoms with Crippen molar-refractivity contribution in [1.29, 1.82) is 0 Å². The maximum Gasteiger partial charge on any atom is 0.263 e. The first-order valence-corrected chi connectivity index (χ1v) is 7.67. The van der Waals surface area contributed by atoms with Crippen molar-refractivity contribution in [2.45, 2.75) is 18.7 Å². The van der Waals surface area contributed by atoms with Crippen molar-refractivity contribution in [3.63, 3.8) is 0 Å². The van der Waals surface area contributed by atoms with E-state index in [1.54, 1.807) is 32.0 Å². The second kappa shape index (κ2) is 5.30. The first-order valence-electron chi connectivity index (χ1n) is 5.81. The molecule has 20 heavy (non-hydrogen) atoms. The average molecular weight is 312 g/mol. The summed E-state index contributed by atoms with van der Waals surface area (Å²) >= 11 is 5.71. The Hall–Kier alpha value is -1.79. The lowest BCUT2D eigenvalue weighted by atomic mass is 10.1. The molecular weight excluding hydrogens is 298 g/mol. The summed E-state index contributed by atoms with van der Waals surface area (Å²) in [6, 6.07) is 6.42. The maximum atomic E-state index is 12.4. The van der Waals surface area contributed by atoms with Crippen LogP contribution >= 0.6 is 11.6 Å². The van der Waals surface area contributed by atoms with Gasteiger partial charge in [0.25, 0.3) is 10.0 Å². The summed E-state index contributed by atoms with van der Waals surface area (Å²) in [7, 11) is -3.75. The SMILES string of the molecule is Cc1ccc(N)c(C)c1S(=O)(=O)Nc1ccc(Cl)cn1. The lowest BCUT2D eigenvalue weighted by Crippen LogP contribution is -2.17. The maximum absolute atomic E-state index is 12.4.